The number of benzene rings is 1. The number of urea groups is 1. The van der Waals surface area contributed by atoms with Crippen LogP contribution in [-0.2, 0) is 4.74 Å². The minimum Gasteiger partial charge on any atom is -0.394 e. The predicted molar refractivity (Wildman–Crippen MR) is 163 cm³/mol. The number of fused-ring (bicyclic) bond motifs is 1. The first kappa shape index (κ1) is 29.3. The molecule has 4 N–H and O–H groups in total. The van der Waals surface area contributed by atoms with Gasteiger partial charge in [-0.2, -0.15) is 0 Å². The fourth-order valence-corrected chi connectivity index (χ4v) is 5.23. The molecule has 5 rings (SSSR count). The number of carbonyl (C=O) groups is 2. The van der Waals surface area contributed by atoms with Gasteiger partial charge >= 0.3 is 6.03 Å². The molecule has 42 heavy (non-hydrogen) atoms. The van der Waals surface area contributed by atoms with Gasteiger partial charge in [-0.15, -0.1) is 0 Å². The molecular formula is C31H39N7O4. The van der Waals surface area contributed by atoms with Gasteiger partial charge in [0.15, 0.2) is 5.84 Å². The topological polar surface area (TPSA) is 131 Å². The second-order valence-electron chi connectivity index (χ2n) is 10.8. The summed E-state index contributed by atoms with van der Waals surface area (Å²) >= 11 is 0. The summed E-state index contributed by atoms with van der Waals surface area (Å²) in [5.41, 5.74) is 4.89. The number of aliphatic imine (C=N–C) groups is 1. The van der Waals surface area contributed by atoms with Crippen molar-refractivity contribution in [3.8, 4) is 0 Å². The van der Waals surface area contributed by atoms with E-state index in [1.807, 2.05) is 45.0 Å². The highest BCUT2D eigenvalue weighted by Crippen LogP contribution is 2.31. The quantitative estimate of drug-likeness (QED) is 0.361. The number of amidine groups is 1. The maximum absolute atomic E-state index is 12.8. The third-order valence-corrected chi connectivity index (χ3v) is 8.02. The molecule has 0 radical (unpaired) electrons. The Kier molecular flexibility index (Phi) is 9.19. The van der Waals surface area contributed by atoms with Crippen LogP contribution in [-0.4, -0.2) is 89.7 Å². The Morgan fingerprint density at radius 1 is 1.14 bits per heavy atom. The average Bonchev–Trinajstić information content (AvgIpc) is 3.50. The zero-order chi connectivity index (χ0) is 29.6. The summed E-state index contributed by atoms with van der Waals surface area (Å²) in [6, 6.07) is 8.74. The van der Waals surface area contributed by atoms with Crippen LogP contribution in [0.5, 0.6) is 0 Å². The molecule has 11 nitrogen and oxygen atoms in total. The molecule has 222 valence electrons. The second-order valence-corrected chi connectivity index (χ2v) is 10.8. The lowest BCUT2D eigenvalue weighted by Crippen LogP contribution is -2.44. The van der Waals surface area contributed by atoms with Gasteiger partial charge in [0.05, 0.1) is 43.7 Å². The molecule has 1 saturated heterocycles. The largest absolute Gasteiger partial charge is 0.394 e. The maximum atomic E-state index is 12.8. The van der Waals surface area contributed by atoms with Gasteiger partial charge in [-0.25, -0.2) is 9.78 Å². The van der Waals surface area contributed by atoms with Crippen LogP contribution in [0, 0.1) is 12.8 Å². The third kappa shape index (κ3) is 6.47. The molecule has 3 aliphatic rings. The number of ether oxygens (including phenoxy) is 1. The summed E-state index contributed by atoms with van der Waals surface area (Å²) in [7, 11) is 0. The molecule has 11 heteroatoms. The van der Waals surface area contributed by atoms with Crippen molar-refractivity contribution in [1.82, 2.24) is 20.1 Å². The number of anilines is 2. The van der Waals surface area contributed by atoms with Gasteiger partial charge in [0.1, 0.15) is 5.82 Å². The lowest BCUT2D eigenvalue weighted by atomic mass is 9.97. The number of aliphatic hydroxyl groups excluding tert-OH is 1. The Labute approximate surface area is 246 Å². The molecule has 0 bridgehead atoms. The Bertz CT molecular complexity index is 1400. The van der Waals surface area contributed by atoms with Crippen LogP contribution < -0.4 is 16.0 Å². The van der Waals surface area contributed by atoms with Crippen LogP contribution in [0.3, 0.4) is 0 Å². The number of carbonyl (C=O) groups excluding carboxylic acids is 2. The Morgan fingerprint density at radius 2 is 1.95 bits per heavy atom. The number of aliphatic hydroxyl groups is 1. The van der Waals surface area contributed by atoms with Gasteiger partial charge in [-0.05, 0) is 48.2 Å². The number of allylic oxidation sites excluding steroid dienone is 2. The highest BCUT2D eigenvalue weighted by atomic mass is 16.5. The van der Waals surface area contributed by atoms with Crippen molar-refractivity contribution in [2.45, 2.75) is 33.2 Å². The standard InChI is InChI=1S/C31H39N7O4/c1-4-20(2)27(19-39)36-31(41)35-25-7-5-6-24(21(25)3)23-16-26(29-32-10-11-38(29)18-23)34-28-9-8-22(17-33-28)30(40)37-12-14-42-15-13-37/h5-9,16-18,20,27,39H,4,10-15,19H2,1-3H3,(H,33,34)(H2,35,36,41)/t20-,27+/m0/s1. The molecule has 3 amide bonds. The van der Waals surface area contributed by atoms with Crippen molar-refractivity contribution < 1.29 is 19.4 Å². The number of nitrogens with one attached hydrogen (secondary N) is 3. The van der Waals surface area contributed by atoms with Gasteiger partial charge in [0.25, 0.3) is 5.91 Å². The van der Waals surface area contributed by atoms with Crippen molar-refractivity contribution in [1.29, 1.82) is 0 Å². The molecule has 3 aliphatic heterocycles. The van der Waals surface area contributed by atoms with E-state index in [9.17, 15) is 14.7 Å². The van der Waals surface area contributed by atoms with E-state index >= 15 is 0 Å². The Hall–Kier alpha value is -4.22. The summed E-state index contributed by atoms with van der Waals surface area (Å²) in [6.45, 7) is 9.61. The first-order chi connectivity index (χ1) is 20.4. The molecule has 0 unspecified atom stereocenters. The predicted octanol–water partition coefficient (Wildman–Crippen LogP) is 3.46. The van der Waals surface area contributed by atoms with E-state index in [1.54, 1.807) is 23.2 Å². The number of aromatic nitrogens is 1. The van der Waals surface area contributed by atoms with E-state index in [0.29, 0.717) is 49.9 Å². The average molecular weight is 574 g/mol. The van der Waals surface area contributed by atoms with Crippen LogP contribution in [0.1, 0.15) is 41.8 Å². The fraction of sp³-hybridized carbons (Fsp3) is 0.419. The van der Waals surface area contributed by atoms with Gasteiger partial charge in [-0.3, -0.25) is 9.79 Å². The summed E-state index contributed by atoms with van der Waals surface area (Å²) in [5.74, 6) is 1.55. The summed E-state index contributed by atoms with van der Waals surface area (Å²) in [5, 5.41) is 19.0. The number of pyridine rings is 1. The van der Waals surface area contributed by atoms with Crippen LogP contribution in [0.2, 0.25) is 0 Å². The Balaban J connectivity index is 1.33. The molecule has 2 aromatic rings. The lowest BCUT2D eigenvalue weighted by Gasteiger charge is -2.27. The number of hydrogen-bond donors (Lipinski definition) is 4. The summed E-state index contributed by atoms with van der Waals surface area (Å²) in [4.78, 5) is 38.7. The zero-order valence-electron chi connectivity index (χ0n) is 24.4. The third-order valence-electron chi connectivity index (χ3n) is 8.02. The van der Waals surface area contributed by atoms with Crippen molar-refractivity contribution in [3.63, 3.8) is 0 Å². The fourth-order valence-electron chi connectivity index (χ4n) is 5.23. The van der Waals surface area contributed by atoms with Gasteiger partial charge < -0.3 is 35.6 Å². The first-order valence-corrected chi connectivity index (χ1v) is 14.5. The summed E-state index contributed by atoms with van der Waals surface area (Å²) in [6.07, 6.45) is 6.56. The number of morpholine rings is 1. The summed E-state index contributed by atoms with van der Waals surface area (Å²) < 4.78 is 5.35. The molecular weight excluding hydrogens is 534 g/mol. The SMILES string of the molecule is CC[C@H](C)[C@@H](CO)NC(=O)Nc1cccc(C2=CN3CCN=C3C(Nc3ccc(C(=O)N4CCOCC4)cn3)=C2)c1C. The highest BCUT2D eigenvalue weighted by Gasteiger charge is 2.26. The van der Waals surface area contributed by atoms with Crippen LogP contribution in [0.25, 0.3) is 5.57 Å². The zero-order valence-corrected chi connectivity index (χ0v) is 24.4. The van der Waals surface area contributed by atoms with Crippen molar-refractivity contribution in [3.05, 3.63) is 71.2 Å². The van der Waals surface area contributed by atoms with E-state index in [0.717, 1.165) is 41.2 Å². The highest BCUT2D eigenvalue weighted by molar-refractivity contribution is 6.07. The van der Waals surface area contributed by atoms with Crippen molar-refractivity contribution in [2.75, 3.05) is 56.6 Å². The van der Waals surface area contributed by atoms with E-state index in [4.69, 9.17) is 4.74 Å². The second kappa shape index (κ2) is 13.2. The molecule has 1 aromatic heterocycles. The lowest BCUT2D eigenvalue weighted by molar-refractivity contribution is 0.0302. The molecule has 0 spiro atoms. The molecule has 0 aliphatic carbocycles. The van der Waals surface area contributed by atoms with E-state index < -0.39 is 0 Å². The van der Waals surface area contributed by atoms with E-state index in [1.165, 1.54) is 0 Å². The van der Waals surface area contributed by atoms with Crippen LogP contribution in [0.15, 0.2) is 59.5 Å². The molecule has 4 heterocycles. The normalized spacial score (nSPS) is 17.9. The Morgan fingerprint density at radius 3 is 2.67 bits per heavy atom. The van der Waals surface area contributed by atoms with Crippen molar-refractivity contribution >= 4 is 34.9 Å². The number of amides is 3. The van der Waals surface area contributed by atoms with E-state index in [2.05, 4.69) is 37.0 Å². The maximum Gasteiger partial charge on any atom is 0.319 e. The molecule has 2 atom stereocenters. The molecule has 1 fully saturated rings. The number of hydrogen-bond acceptors (Lipinski definition) is 8. The van der Waals surface area contributed by atoms with Gasteiger partial charge in [-0.1, -0.05) is 32.4 Å². The number of rotatable bonds is 9. The number of nitrogens with zero attached hydrogens (tertiary/aromatic N) is 4. The minimum absolute atomic E-state index is 0.0461. The first-order valence-electron chi connectivity index (χ1n) is 14.5. The van der Waals surface area contributed by atoms with Crippen molar-refractivity contribution in [2.24, 2.45) is 10.9 Å². The monoisotopic (exact) mass is 573 g/mol. The minimum atomic E-state index is -0.347. The van der Waals surface area contributed by atoms with Crippen LogP contribution in [0.4, 0.5) is 16.3 Å². The van der Waals surface area contributed by atoms with Gasteiger partial charge in [0, 0.05) is 43.3 Å². The molecule has 0 saturated carbocycles. The van der Waals surface area contributed by atoms with E-state index in [-0.39, 0.29) is 30.5 Å². The smallest absolute Gasteiger partial charge is 0.319 e. The van der Waals surface area contributed by atoms with Crippen LogP contribution >= 0.6 is 0 Å². The molecule has 1 aromatic carbocycles. The van der Waals surface area contributed by atoms with Gasteiger partial charge in [0.2, 0.25) is 0 Å².